The molecule has 0 amide bonds. The summed E-state index contributed by atoms with van der Waals surface area (Å²) in [6.07, 6.45) is -2.31. The van der Waals surface area contributed by atoms with Gasteiger partial charge in [0.15, 0.2) is 6.10 Å². The van der Waals surface area contributed by atoms with Crippen molar-refractivity contribution in [3.05, 3.63) is 180 Å². The molecule has 0 bridgehead atoms. The normalized spacial score (nSPS) is 22.5. The van der Waals surface area contributed by atoms with Crippen LogP contribution in [-0.4, -0.2) is 42.6 Å². The fourth-order valence-electron chi connectivity index (χ4n) is 6.96. The Morgan fingerprint density at radius 3 is 1.67 bits per heavy atom. The maximum Gasteiger partial charge on any atom is 0.249 e. The van der Waals surface area contributed by atoms with Crippen LogP contribution in [0.3, 0.4) is 0 Å². The summed E-state index contributed by atoms with van der Waals surface area (Å²) in [5.74, 6) is 0.0424. The Bertz CT molecular complexity index is 2010. The standard InChI is InChI=1S/C45H42O6S/c1-5-15-33(16-6-1)27-46-31-40-41(47-28-34-17-7-2-8-18-34)42(48-29-35-19-9-3-10-20-35)44(49-30-36-21-11-4-12-22-36)45(51-40)32-52-43-38-24-14-13-23-37(38)25-26-39(43)50-45/h1-26,40-42,44H,27-32H2/t40-,41+,42+,44-,45-/m1/s1. The second-order valence-electron chi connectivity index (χ2n) is 13.2. The molecule has 2 aliphatic rings. The zero-order valence-electron chi connectivity index (χ0n) is 28.9. The highest BCUT2D eigenvalue weighted by molar-refractivity contribution is 7.99. The molecule has 6 aromatic carbocycles. The summed E-state index contributed by atoms with van der Waals surface area (Å²) >= 11 is 1.73. The highest BCUT2D eigenvalue weighted by atomic mass is 32.2. The Labute approximate surface area is 309 Å². The van der Waals surface area contributed by atoms with Crippen LogP contribution in [0.25, 0.3) is 10.8 Å². The molecule has 7 heteroatoms. The fraction of sp³-hybridized carbons (Fsp3) is 0.244. The Hall–Kier alpha value is -4.47. The minimum Gasteiger partial charge on any atom is -0.457 e. The van der Waals surface area contributed by atoms with Crippen molar-refractivity contribution in [3.63, 3.8) is 0 Å². The van der Waals surface area contributed by atoms with E-state index in [0.29, 0.717) is 32.2 Å². The highest BCUT2D eigenvalue weighted by Crippen LogP contribution is 2.49. The molecule has 0 N–H and O–H groups in total. The van der Waals surface area contributed by atoms with Crippen LogP contribution >= 0.6 is 11.8 Å². The molecule has 0 radical (unpaired) electrons. The van der Waals surface area contributed by atoms with Crippen molar-refractivity contribution in [2.24, 2.45) is 0 Å². The Morgan fingerprint density at radius 2 is 1.06 bits per heavy atom. The van der Waals surface area contributed by atoms with Gasteiger partial charge in [0.05, 0.1) is 43.7 Å². The smallest absolute Gasteiger partial charge is 0.249 e. The molecule has 2 heterocycles. The maximum atomic E-state index is 7.21. The minimum absolute atomic E-state index is 0.269. The molecule has 5 atom stereocenters. The van der Waals surface area contributed by atoms with Gasteiger partial charge in [-0.3, -0.25) is 0 Å². The number of fused-ring (bicyclic) bond motifs is 3. The van der Waals surface area contributed by atoms with Gasteiger partial charge in [-0.15, -0.1) is 11.8 Å². The zero-order chi connectivity index (χ0) is 35.0. The molecule has 0 unspecified atom stereocenters. The summed E-state index contributed by atoms with van der Waals surface area (Å²) in [6, 6.07) is 53.3. The van der Waals surface area contributed by atoms with Gasteiger partial charge in [0, 0.05) is 0 Å². The second-order valence-corrected chi connectivity index (χ2v) is 14.2. The SMILES string of the molecule is c1ccc(COC[C@H]2O[C@]3(CSc4c(ccc5ccccc45)O3)[C@H](OCc3ccccc3)[C@@H](OCc3ccccc3)[C@H]2OCc2ccccc2)cc1. The van der Waals surface area contributed by atoms with Crippen LogP contribution in [0.1, 0.15) is 22.3 Å². The second kappa shape index (κ2) is 16.5. The first-order valence-corrected chi connectivity index (χ1v) is 18.8. The molecule has 1 spiro atoms. The van der Waals surface area contributed by atoms with E-state index >= 15 is 0 Å². The third-order valence-electron chi connectivity index (χ3n) is 9.55. The van der Waals surface area contributed by atoms with Gasteiger partial charge in [-0.05, 0) is 39.1 Å². The van der Waals surface area contributed by atoms with Crippen LogP contribution < -0.4 is 4.74 Å². The zero-order valence-corrected chi connectivity index (χ0v) is 29.7. The molecule has 1 saturated heterocycles. The lowest BCUT2D eigenvalue weighted by Crippen LogP contribution is -2.70. The van der Waals surface area contributed by atoms with E-state index in [9.17, 15) is 0 Å². The van der Waals surface area contributed by atoms with E-state index in [1.165, 1.54) is 5.39 Å². The first-order valence-electron chi connectivity index (χ1n) is 17.8. The monoisotopic (exact) mass is 710 g/mol. The maximum absolute atomic E-state index is 7.21. The van der Waals surface area contributed by atoms with Crippen molar-refractivity contribution in [2.75, 3.05) is 12.4 Å². The lowest BCUT2D eigenvalue weighted by atomic mass is 9.91. The van der Waals surface area contributed by atoms with Crippen LogP contribution in [0, 0.1) is 0 Å². The summed E-state index contributed by atoms with van der Waals surface area (Å²) in [7, 11) is 0. The van der Waals surface area contributed by atoms with Gasteiger partial charge in [-0.1, -0.05) is 152 Å². The highest BCUT2D eigenvalue weighted by Gasteiger charge is 2.60. The molecule has 1 fully saturated rings. The van der Waals surface area contributed by atoms with Gasteiger partial charge in [0.2, 0.25) is 5.79 Å². The van der Waals surface area contributed by atoms with E-state index in [2.05, 4.69) is 78.9 Å². The Kier molecular flexibility index (Phi) is 11.0. The van der Waals surface area contributed by atoms with E-state index in [1.54, 1.807) is 11.8 Å². The number of rotatable bonds is 13. The molecule has 8 rings (SSSR count). The quantitative estimate of drug-likeness (QED) is 0.118. The van der Waals surface area contributed by atoms with Crippen molar-refractivity contribution in [1.82, 2.24) is 0 Å². The summed E-state index contributed by atoms with van der Waals surface area (Å²) < 4.78 is 41.5. The van der Waals surface area contributed by atoms with Gasteiger partial charge < -0.3 is 28.4 Å². The van der Waals surface area contributed by atoms with Gasteiger partial charge in [-0.2, -0.15) is 0 Å². The van der Waals surface area contributed by atoms with Crippen LogP contribution in [0.5, 0.6) is 5.75 Å². The Balaban J connectivity index is 1.18. The number of hydrogen-bond acceptors (Lipinski definition) is 7. The van der Waals surface area contributed by atoms with Gasteiger partial charge in [0.25, 0.3) is 0 Å². The molecule has 0 aromatic heterocycles. The summed E-state index contributed by atoms with van der Waals surface area (Å²) in [6.45, 7) is 1.79. The van der Waals surface area contributed by atoms with E-state index in [4.69, 9.17) is 28.4 Å². The van der Waals surface area contributed by atoms with Crippen LogP contribution in [0.4, 0.5) is 0 Å². The van der Waals surface area contributed by atoms with Gasteiger partial charge in [-0.25, -0.2) is 0 Å². The number of thioether (sulfide) groups is 1. The van der Waals surface area contributed by atoms with Crippen molar-refractivity contribution in [3.8, 4) is 5.75 Å². The van der Waals surface area contributed by atoms with Crippen molar-refractivity contribution >= 4 is 22.5 Å². The lowest BCUT2D eigenvalue weighted by Gasteiger charge is -2.53. The molecule has 6 aromatic rings. The van der Waals surface area contributed by atoms with Gasteiger partial charge >= 0.3 is 0 Å². The predicted octanol–water partition coefficient (Wildman–Crippen LogP) is 9.39. The molecular formula is C45H42O6S. The Morgan fingerprint density at radius 1 is 0.538 bits per heavy atom. The predicted molar refractivity (Wildman–Crippen MR) is 204 cm³/mol. The summed E-state index contributed by atoms with van der Waals surface area (Å²) in [5, 5.41) is 2.32. The van der Waals surface area contributed by atoms with E-state index < -0.39 is 30.2 Å². The van der Waals surface area contributed by atoms with Crippen LogP contribution in [0.15, 0.2) is 163 Å². The van der Waals surface area contributed by atoms with E-state index in [-0.39, 0.29) is 6.61 Å². The third kappa shape index (κ3) is 7.96. The van der Waals surface area contributed by atoms with E-state index in [1.807, 2.05) is 78.9 Å². The minimum atomic E-state index is -1.20. The molecule has 6 nitrogen and oxygen atoms in total. The molecule has 0 aliphatic carbocycles. The van der Waals surface area contributed by atoms with Crippen molar-refractivity contribution < 1.29 is 28.4 Å². The van der Waals surface area contributed by atoms with Gasteiger partial charge in [0.1, 0.15) is 24.1 Å². The molecule has 52 heavy (non-hydrogen) atoms. The lowest BCUT2D eigenvalue weighted by molar-refractivity contribution is -0.353. The first-order chi connectivity index (χ1) is 25.7. The number of ether oxygens (including phenoxy) is 6. The number of hydrogen-bond donors (Lipinski definition) is 0. The van der Waals surface area contributed by atoms with Crippen molar-refractivity contribution in [1.29, 1.82) is 0 Å². The van der Waals surface area contributed by atoms with E-state index in [0.717, 1.165) is 38.3 Å². The number of benzene rings is 6. The average Bonchev–Trinajstić information content (AvgIpc) is 3.20. The van der Waals surface area contributed by atoms with Crippen LogP contribution in [-0.2, 0) is 50.1 Å². The molecular weight excluding hydrogens is 669 g/mol. The molecule has 0 saturated carbocycles. The summed E-state index contributed by atoms with van der Waals surface area (Å²) in [5.41, 5.74) is 4.24. The third-order valence-corrected chi connectivity index (χ3v) is 10.8. The molecule has 2 aliphatic heterocycles. The fourth-order valence-corrected chi connectivity index (χ4v) is 8.19. The topological polar surface area (TPSA) is 55.4 Å². The first kappa shape index (κ1) is 34.6. The average molecular weight is 711 g/mol. The summed E-state index contributed by atoms with van der Waals surface area (Å²) in [4.78, 5) is 1.09. The largest absolute Gasteiger partial charge is 0.457 e. The van der Waals surface area contributed by atoms with Crippen LogP contribution in [0.2, 0.25) is 0 Å². The molecule has 264 valence electrons. The van der Waals surface area contributed by atoms with Crippen molar-refractivity contribution in [2.45, 2.75) is 61.5 Å².